The minimum absolute atomic E-state index is 0.177. The zero-order valence-corrected chi connectivity index (χ0v) is 9.90. The summed E-state index contributed by atoms with van der Waals surface area (Å²) in [6.45, 7) is 3.08. The monoisotopic (exact) mass is 225 g/mol. The number of nitrogens with one attached hydrogen (secondary N) is 1. The van der Waals surface area contributed by atoms with Crippen LogP contribution in [0.1, 0.15) is 12.1 Å². The van der Waals surface area contributed by atoms with E-state index >= 15 is 0 Å². The molecule has 1 N–H and O–H groups in total. The van der Waals surface area contributed by atoms with Crippen LogP contribution in [0.4, 0.5) is 0 Å². The van der Waals surface area contributed by atoms with Gasteiger partial charge in [-0.05, 0) is 7.05 Å². The van der Waals surface area contributed by atoms with Crippen LogP contribution >= 0.6 is 0 Å². The van der Waals surface area contributed by atoms with Gasteiger partial charge in [-0.25, -0.2) is 4.98 Å². The number of aromatic nitrogens is 2. The molecule has 0 radical (unpaired) electrons. The summed E-state index contributed by atoms with van der Waals surface area (Å²) in [6.07, 6.45) is 4.68. The maximum Gasteiger partial charge on any atom is 0.111 e. The zero-order chi connectivity index (χ0) is 11.4. The van der Waals surface area contributed by atoms with Gasteiger partial charge < -0.3 is 19.4 Å². The molecule has 5 nitrogen and oxygen atoms in total. The molecule has 1 aromatic rings. The van der Waals surface area contributed by atoms with Crippen LogP contribution in [-0.2, 0) is 22.6 Å². The van der Waals surface area contributed by atoms with Gasteiger partial charge in [0.05, 0.1) is 25.2 Å². The Hall–Kier alpha value is -0.910. The Kier molecular flexibility index (Phi) is 3.58. The van der Waals surface area contributed by atoms with E-state index in [1.54, 1.807) is 7.11 Å². The predicted octanol–water partition coefficient (Wildman–Crippen LogP) is 0.408. The van der Waals surface area contributed by atoms with Crippen molar-refractivity contribution < 1.29 is 9.47 Å². The molecule has 0 aliphatic carbocycles. The van der Waals surface area contributed by atoms with Crippen LogP contribution in [0.15, 0.2) is 12.5 Å². The number of rotatable bonds is 5. The second kappa shape index (κ2) is 4.95. The summed E-state index contributed by atoms with van der Waals surface area (Å²) >= 11 is 0. The molecule has 0 saturated carbocycles. The van der Waals surface area contributed by atoms with Crippen molar-refractivity contribution in [3.63, 3.8) is 0 Å². The highest BCUT2D eigenvalue weighted by Crippen LogP contribution is 2.25. The molecule has 1 saturated heterocycles. The Labute approximate surface area is 95.8 Å². The highest BCUT2D eigenvalue weighted by Gasteiger charge is 2.35. The van der Waals surface area contributed by atoms with Crippen LogP contribution in [0, 0.1) is 0 Å². The minimum atomic E-state index is -0.177. The van der Waals surface area contributed by atoms with Crippen LogP contribution in [0.2, 0.25) is 0 Å². The third-order valence-corrected chi connectivity index (χ3v) is 3.12. The van der Waals surface area contributed by atoms with Crippen molar-refractivity contribution in [3.05, 3.63) is 18.2 Å². The van der Waals surface area contributed by atoms with E-state index in [0.717, 1.165) is 26.1 Å². The number of hydrogen-bond acceptors (Lipinski definition) is 4. The van der Waals surface area contributed by atoms with Gasteiger partial charge in [0, 0.05) is 32.9 Å². The molecule has 0 aromatic carbocycles. The van der Waals surface area contributed by atoms with Crippen molar-refractivity contribution in [1.29, 1.82) is 0 Å². The Morgan fingerprint density at radius 3 is 3.19 bits per heavy atom. The van der Waals surface area contributed by atoms with Crippen molar-refractivity contribution in [2.45, 2.75) is 25.1 Å². The first kappa shape index (κ1) is 11.6. The second-order valence-corrected chi connectivity index (χ2v) is 4.23. The predicted molar refractivity (Wildman–Crippen MR) is 60.2 cm³/mol. The zero-order valence-electron chi connectivity index (χ0n) is 9.90. The lowest BCUT2D eigenvalue weighted by atomic mass is 10.0. The number of hydrogen-bond donors (Lipinski definition) is 1. The Balaban J connectivity index is 2.09. The minimum Gasteiger partial charge on any atom is -0.378 e. The SMILES string of the molecule is CNCc1cncn1CC1(OC)CCOC1. The van der Waals surface area contributed by atoms with Crippen LogP contribution in [0.3, 0.4) is 0 Å². The van der Waals surface area contributed by atoms with Crippen molar-refractivity contribution in [2.75, 3.05) is 27.4 Å². The molecule has 0 bridgehead atoms. The molecule has 1 aliphatic rings. The number of imidazole rings is 1. The van der Waals surface area contributed by atoms with Crippen molar-refractivity contribution in [3.8, 4) is 0 Å². The molecule has 1 aromatic heterocycles. The molecule has 2 rings (SSSR count). The molecule has 90 valence electrons. The molecule has 0 amide bonds. The van der Waals surface area contributed by atoms with Crippen molar-refractivity contribution in [1.82, 2.24) is 14.9 Å². The Morgan fingerprint density at radius 2 is 2.56 bits per heavy atom. The molecule has 1 atom stereocenters. The number of nitrogens with zero attached hydrogens (tertiary/aromatic N) is 2. The van der Waals surface area contributed by atoms with Gasteiger partial charge in [-0.15, -0.1) is 0 Å². The van der Waals surface area contributed by atoms with E-state index in [0.29, 0.717) is 6.61 Å². The van der Waals surface area contributed by atoms with E-state index in [9.17, 15) is 0 Å². The summed E-state index contributed by atoms with van der Waals surface area (Å²) in [6, 6.07) is 0. The smallest absolute Gasteiger partial charge is 0.111 e. The van der Waals surface area contributed by atoms with E-state index in [-0.39, 0.29) is 5.60 Å². The molecule has 2 heterocycles. The summed E-state index contributed by atoms with van der Waals surface area (Å²) in [4.78, 5) is 4.17. The van der Waals surface area contributed by atoms with Gasteiger partial charge >= 0.3 is 0 Å². The third-order valence-electron chi connectivity index (χ3n) is 3.12. The topological polar surface area (TPSA) is 48.3 Å². The van der Waals surface area contributed by atoms with Crippen LogP contribution in [-0.4, -0.2) is 42.5 Å². The molecule has 1 aliphatic heterocycles. The van der Waals surface area contributed by atoms with Gasteiger partial charge in [0.2, 0.25) is 0 Å². The summed E-state index contributed by atoms with van der Waals surface area (Å²) in [5.74, 6) is 0. The lowest BCUT2D eigenvalue weighted by Crippen LogP contribution is -2.37. The summed E-state index contributed by atoms with van der Waals surface area (Å²) < 4.78 is 13.2. The maximum absolute atomic E-state index is 5.61. The van der Waals surface area contributed by atoms with Gasteiger partial charge in [0.25, 0.3) is 0 Å². The number of methoxy groups -OCH3 is 1. The first-order valence-electron chi connectivity index (χ1n) is 5.56. The van der Waals surface area contributed by atoms with Crippen LogP contribution in [0.25, 0.3) is 0 Å². The van der Waals surface area contributed by atoms with Crippen LogP contribution < -0.4 is 5.32 Å². The summed E-state index contributed by atoms with van der Waals surface area (Å²) in [5.41, 5.74) is 0.995. The largest absolute Gasteiger partial charge is 0.378 e. The van der Waals surface area contributed by atoms with E-state index in [2.05, 4.69) is 14.9 Å². The number of ether oxygens (including phenoxy) is 2. The summed E-state index contributed by atoms with van der Waals surface area (Å²) in [7, 11) is 3.69. The normalized spacial score (nSPS) is 25.1. The molecule has 1 unspecified atom stereocenters. The van der Waals surface area contributed by atoms with E-state index < -0.39 is 0 Å². The third kappa shape index (κ3) is 2.26. The first-order valence-corrected chi connectivity index (χ1v) is 5.56. The fourth-order valence-corrected chi connectivity index (χ4v) is 2.07. The van der Waals surface area contributed by atoms with Crippen molar-refractivity contribution >= 4 is 0 Å². The molecular formula is C11H19N3O2. The van der Waals surface area contributed by atoms with E-state index in [4.69, 9.17) is 9.47 Å². The second-order valence-electron chi connectivity index (χ2n) is 4.23. The molecule has 1 fully saturated rings. The van der Waals surface area contributed by atoms with Gasteiger partial charge in [-0.3, -0.25) is 0 Å². The quantitative estimate of drug-likeness (QED) is 0.788. The standard InChI is InChI=1S/C11H19N3O2/c1-12-5-10-6-13-9-14(10)7-11(15-2)3-4-16-8-11/h6,9,12H,3-5,7-8H2,1-2H3. The van der Waals surface area contributed by atoms with Crippen molar-refractivity contribution in [2.24, 2.45) is 0 Å². The average Bonchev–Trinajstić information content (AvgIpc) is 2.91. The lowest BCUT2D eigenvalue weighted by molar-refractivity contribution is -0.0299. The van der Waals surface area contributed by atoms with E-state index in [1.165, 1.54) is 5.69 Å². The molecule has 5 heteroatoms. The van der Waals surface area contributed by atoms with Crippen LogP contribution in [0.5, 0.6) is 0 Å². The first-order chi connectivity index (χ1) is 7.79. The Bertz CT molecular complexity index is 332. The maximum atomic E-state index is 5.61. The molecule has 16 heavy (non-hydrogen) atoms. The fourth-order valence-electron chi connectivity index (χ4n) is 2.07. The van der Waals surface area contributed by atoms with E-state index in [1.807, 2.05) is 19.6 Å². The highest BCUT2D eigenvalue weighted by molar-refractivity contribution is 5.00. The summed E-state index contributed by atoms with van der Waals surface area (Å²) in [5, 5.41) is 3.13. The highest BCUT2D eigenvalue weighted by atomic mass is 16.5. The van der Waals surface area contributed by atoms with Gasteiger partial charge in [0.1, 0.15) is 5.60 Å². The van der Waals surface area contributed by atoms with Gasteiger partial charge in [-0.1, -0.05) is 0 Å². The lowest BCUT2D eigenvalue weighted by Gasteiger charge is -2.26. The molecular weight excluding hydrogens is 206 g/mol. The average molecular weight is 225 g/mol. The Morgan fingerprint density at radius 1 is 1.69 bits per heavy atom. The van der Waals surface area contributed by atoms with Gasteiger partial charge in [-0.2, -0.15) is 0 Å². The molecule has 0 spiro atoms. The van der Waals surface area contributed by atoms with Gasteiger partial charge in [0.15, 0.2) is 0 Å². The fraction of sp³-hybridized carbons (Fsp3) is 0.727.